The molecule has 7 heteroatoms. The fourth-order valence-electron chi connectivity index (χ4n) is 3.38. The molecule has 0 bridgehead atoms. The first kappa shape index (κ1) is 22.0. The first-order chi connectivity index (χ1) is 16.0. The van der Waals surface area contributed by atoms with Crippen LogP contribution in [0.5, 0.6) is 17.2 Å². The van der Waals surface area contributed by atoms with Crippen LogP contribution in [0, 0.1) is 0 Å². The van der Waals surface area contributed by atoms with Crippen molar-refractivity contribution >= 4 is 40.9 Å². The number of nitrogens with one attached hydrogen (secondary N) is 1. The molecule has 2 N–H and O–H groups in total. The molecule has 2 amide bonds. The Morgan fingerprint density at radius 2 is 1.67 bits per heavy atom. The Bertz CT molecular complexity index is 1270. The highest BCUT2D eigenvalue weighted by molar-refractivity contribution is 7.80. The molecule has 6 nitrogen and oxygen atoms in total. The number of hydrogen-bond acceptors (Lipinski definition) is 5. The smallest absolute Gasteiger partial charge is 0.270 e. The number of carbonyl (C=O) groups is 2. The van der Waals surface area contributed by atoms with E-state index in [1.807, 2.05) is 30.3 Å². The molecule has 33 heavy (non-hydrogen) atoms. The van der Waals surface area contributed by atoms with Gasteiger partial charge in [0.2, 0.25) is 0 Å². The van der Waals surface area contributed by atoms with Gasteiger partial charge in [-0.3, -0.25) is 19.8 Å². The zero-order valence-corrected chi connectivity index (χ0v) is 18.3. The molecule has 1 heterocycles. The summed E-state index contributed by atoms with van der Waals surface area (Å²) in [6.45, 7) is 3.67. The number of phenols is 1. The van der Waals surface area contributed by atoms with Crippen molar-refractivity contribution in [2.45, 2.75) is 6.42 Å². The Kier molecular flexibility index (Phi) is 6.33. The first-order valence-electron chi connectivity index (χ1n) is 10.1. The van der Waals surface area contributed by atoms with E-state index in [0.717, 1.165) is 0 Å². The summed E-state index contributed by atoms with van der Waals surface area (Å²) < 4.78 is 5.78. The van der Waals surface area contributed by atoms with E-state index in [9.17, 15) is 14.7 Å². The minimum atomic E-state index is -0.626. The first-order valence-corrected chi connectivity index (χ1v) is 10.5. The normalized spacial score (nSPS) is 14.8. The van der Waals surface area contributed by atoms with Gasteiger partial charge in [0.15, 0.2) is 5.11 Å². The Morgan fingerprint density at radius 3 is 2.36 bits per heavy atom. The maximum Gasteiger partial charge on any atom is 0.270 e. The fraction of sp³-hybridized carbons (Fsp3) is 0.0385. The number of para-hydroxylation sites is 2. The summed E-state index contributed by atoms with van der Waals surface area (Å²) in [6.07, 6.45) is 3.48. The zero-order chi connectivity index (χ0) is 23.4. The van der Waals surface area contributed by atoms with Gasteiger partial charge in [0, 0.05) is 5.56 Å². The Balaban J connectivity index is 1.62. The number of rotatable bonds is 6. The van der Waals surface area contributed by atoms with Gasteiger partial charge >= 0.3 is 0 Å². The summed E-state index contributed by atoms with van der Waals surface area (Å²) >= 11 is 5.25. The molecular formula is C26H20N2O4S. The van der Waals surface area contributed by atoms with Crippen LogP contribution in [0.3, 0.4) is 0 Å². The highest BCUT2D eigenvalue weighted by Crippen LogP contribution is 2.29. The van der Waals surface area contributed by atoms with E-state index in [4.69, 9.17) is 17.0 Å². The second-order valence-electron chi connectivity index (χ2n) is 7.21. The van der Waals surface area contributed by atoms with Gasteiger partial charge in [-0.15, -0.1) is 6.58 Å². The Morgan fingerprint density at radius 1 is 0.970 bits per heavy atom. The van der Waals surface area contributed by atoms with E-state index < -0.39 is 11.8 Å². The second kappa shape index (κ2) is 9.50. The molecule has 4 rings (SSSR count). The summed E-state index contributed by atoms with van der Waals surface area (Å²) in [4.78, 5) is 27.0. The van der Waals surface area contributed by atoms with E-state index >= 15 is 0 Å². The number of phenolic OH excluding ortho intramolecular Hbond substituents is 1. The van der Waals surface area contributed by atoms with Gasteiger partial charge < -0.3 is 9.84 Å². The number of thiocarbonyl (C=S) groups is 1. The third kappa shape index (κ3) is 4.68. The molecule has 1 aliphatic heterocycles. The van der Waals surface area contributed by atoms with Crippen molar-refractivity contribution in [1.82, 2.24) is 5.32 Å². The molecule has 3 aromatic rings. The molecule has 3 aromatic carbocycles. The fourth-order valence-corrected chi connectivity index (χ4v) is 3.66. The van der Waals surface area contributed by atoms with Crippen molar-refractivity contribution in [2.75, 3.05) is 4.90 Å². The van der Waals surface area contributed by atoms with E-state index in [-0.39, 0.29) is 16.4 Å². The Labute approximate surface area is 196 Å². The lowest BCUT2D eigenvalue weighted by molar-refractivity contribution is -0.122. The molecule has 0 aliphatic carbocycles. The summed E-state index contributed by atoms with van der Waals surface area (Å²) in [7, 11) is 0. The van der Waals surface area contributed by atoms with E-state index in [1.54, 1.807) is 48.5 Å². The average molecular weight is 457 g/mol. The van der Waals surface area contributed by atoms with Crippen molar-refractivity contribution in [3.05, 3.63) is 102 Å². The maximum atomic E-state index is 13.2. The molecule has 0 aromatic heterocycles. The molecule has 0 unspecified atom stereocenters. The van der Waals surface area contributed by atoms with Crippen LogP contribution in [-0.4, -0.2) is 22.0 Å². The van der Waals surface area contributed by atoms with Crippen LogP contribution in [0.25, 0.3) is 6.08 Å². The van der Waals surface area contributed by atoms with Crippen LogP contribution in [0.15, 0.2) is 91.0 Å². The number of allylic oxidation sites excluding steroid dienone is 1. The second-order valence-corrected chi connectivity index (χ2v) is 7.60. The lowest BCUT2D eigenvalue weighted by Gasteiger charge is -2.29. The molecule has 0 saturated carbocycles. The van der Waals surface area contributed by atoms with Crippen molar-refractivity contribution < 1.29 is 19.4 Å². The van der Waals surface area contributed by atoms with Crippen LogP contribution in [-0.2, 0) is 16.0 Å². The summed E-state index contributed by atoms with van der Waals surface area (Å²) in [5.41, 5.74) is 1.33. The van der Waals surface area contributed by atoms with Crippen molar-refractivity contribution in [3.8, 4) is 17.2 Å². The number of aromatic hydroxyl groups is 1. The van der Waals surface area contributed by atoms with Crippen LogP contribution < -0.4 is 15.0 Å². The molecule has 1 fully saturated rings. The Hall–Kier alpha value is -4.23. The van der Waals surface area contributed by atoms with Gasteiger partial charge in [-0.25, -0.2) is 0 Å². The van der Waals surface area contributed by atoms with E-state index in [1.165, 1.54) is 11.0 Å². The van der Waals surface area contributed by atoms with Gasteiger partial charge in [0.25, 0.3) is 11.8 Å². The number of benzene rings is 3. The molecule has 0 atom stereocenters. The van der Waals surface area contributed by atoms with Gasteiger partial charge in [0.1, 0.15) is 22.8 Å². The minimum absolute atomic E-state index is 0.00684. The SMILES string of the molecule is C=CCc1cccc(C=C2C(=O)NC(=S)N(c3ccc(Oc4ccccc4)cc3)C2=O)c1O. The molecule has 1 saturated heterocycles. The van der Waals surface area contributed by atoms with Crippen molar-refractivity contribution in [2.24, 2.45) is 0 Å². The van der Waals surface area contributed by atoms with Crippen molar-refractivity contribution in [3.63, 3.8) is 0 Å². The quantitative estimate of drug-likeness (QED) is 0.242. The predicted octanol–water partition coefficient (Wildman–Crippen LogP) is 4.74. The van der Waals surface area contributed by atoms with Gasteiger partial charge in [-0.1, -0.05) is 42.5 Å². The number of anilines is 1. The number of nitrogens with zero attached hydrogens (tertiary/aromatic N) is 1. The van der Waals surface area contributed by atoms with E-state index in [2.05, 4.69) is 11.9 Å². The average Bonchev–Trinajstić information content (AvgIpc) is 2.81. The molecule has 1 aliphatic rings. The number of hydrogen-bond donors (Lipinski definition) is 2. The lowest BCUT2D eigenvalue weighted by Crippen LogP contribution is -2.54. The molecule has 0 radical (unpaired) electrons. The third-order valence-corrected chi connectivity index (χ3v) is 5.28. The standard InChI is InChI=1S/C26H20N2O4S/c1-2-7-17-8-6-9-18(23(17)29)16-22-24(30)27-26(33)28(25(22)31)19-12-14-21(15-13-19)32-20-10-4-3-5-11-20/h2-6,8-16,29H,1,7H2,(H,27,30,33). The van der Waals surface area contributed by atoms with Gasteiger partial charge in [0.05, 0.1) is 5.69 Å². The van der Waals surface area contributed by atoms with E-state index in [0.29, 0.717) is 34.7 Å². The summed E-state index contributed by atoms with van der Waals surface area (Å²) in [5, 5.41) is 13.0. The predicted molar refractivity (Wildman–Crippen MR) is 131 cm³/mol. The maximum absolute atomic E-state index is 13.2. The zero-order valence-electron chi connectivity index (χ0n) is 17.5. The van der Waals surface area contributed by atoms with Crippen molar-refractivity contribution in [1.29, 1.82) is 0 Å². The van der Waals surface area contributed by atoms with Gasteiger partial charge in [-0.2, -0.15) is 0 Å². The van der Waals surface area contributed by atoms with Crippen LogP contribution >= 0.6 is 12.2 Å². The molecule has 0 spiro atoms. The highest BCUT2D eigenvalue weighted by Gasteiger charge is 2.34. The van der Waals surface area contributed by atoms with Crippen LogP contribution in [0.4, 0.5) is 5.69 Å². The largest absolute Gasteiger partial charge is 0.507 e. The highest BCUT2D eigenvalue weighted by atomic mass is 32.1. The number of ether oxygens (including phenoxy) is 1. The van der Waals surface area contributed by atoms with Crippen LogP contribution in [0.2, 0.25) is 0 Å². The molecular weight excluding hydrogens is 436 g/mol. The number of amides is 2. The summed E-state index contributed by atoms with van der Waals surface area (Å²) in [5.74, 6) is 0.0512. The summed E-state index contributed by atoms with van der Waals surface area (Å²) in [6, 6.07) is 21.2. The lowest BCUT2D eigenvalue weighted by atomic mass is 10.0. The topological polar surface area (TPSA) is 78.9 Å². The molecule has 164 valence electrons. The number of carbonyl (C=O) groups excluding carboxylic acids is 2. The minimum Gasteiger partial charge on any atom is -0.507 e. The van der Waals surface area contributed by atoms with Gasteiger partial charge in [-0.05, 0) is 66.7 Å². The van der Waals surface area contributed by atoms with Crippen LogP contribution in [0.1, 0.15) is 11.1 Å². The monoisotopic (exact) mass is 456 g/mol. The third-order valence-electron chi connectivity index (χ3n) is 4.99.